The molecule has 9 heteroatoms. The van der Waals surface area contributed by atoms with Crippen LogP contribution in [0.5, 0.6) is 0 Å². The van der Waals surface area contributed by atoms with Crippen LogP contribution in [-0.2, 0) is 14.6 Å². The van der Waals surface area contributed by atoms with Gasteiger partial charge in [-0.3, -0.25) is 4.79 Å². The Balaban J connectivity index is 1.41. The van der Waals surface area contributed by atoms with Crippen molar-refractivity contribution in [2.24, 2.45) is 10.8 Å². The number of sulfone groups is 1. The minimum absolute atomic E-state index is 0.0259. The number of carbonyl (C=O) groups excluding carboxylic acids is 1. The van der Waals surface area contributed by atoms with Crippen LogP contribution in [-0.4, -0.2) is 63.6 Å². The summed E-state index contributed by atoms with van der Waals surface area (Å²) in [4.78, 5) is 16.0. The second-order valence-corrected chi connectivity index (χ2v) is 14.4. The second kappa shape index (κ2) is 9.84. The summed E-state index contributed by atoms with van der Waals surface area (Å²) in [5, 5.41) is 15.8. The van der Waals surface area contributed by atoms with Gasteiger partial charge in [0.15, 0.2) is 9.84 Å². The van der Waals surface area contributed by atoms with Crippen LogP contribution in [0.3, 0.4) is 0 Å². The number of aliphatic hydroxyl groups excluding tert-OH is 1. The molecular formula is C29H39N3O5S. The van der Waals surface area contributed by atoms with E-state index in [1.54, 1.807) is 18.2 Å². The first-order valence-electron chi connectivity index (χ1n) is 13.4. The van der Waals surface area contributed by atoms with Crippen LogP contribution in [0.4, 0.5) is 17.1 Å². The Morgan fingerprint density at radius 3 is 2.34 bits per heavy atom. The van der Waals surface area contributed by atoms with E-state index in [1.165, 1.54) is 12.8 Å². The van der Waals surface area contributed by atoms with Crippen molar-refractivity contribution >= 4 is 32.8 Å². The maximum atomic E-state index is 13.6. The number of ether oxygens (including phenoxy) is 1. The summed E-state index contributed by atoms with van der Waals surface area (Å²) in [5.41, 5.74) is 2.10. The number of piperidine rings is 1. The minimum atomic E-state index is -3.54. The van der Waals surface area contributed by atoms with Gasteiger partial charge in [0, 0.05) is 29.9 Å². The Morgan fingerprint density at radius 2 is 1.74 bits per heavy atom. The van der Waals surface area contributed by atoms with E-state index in [2.05, 4.69) is 15.5 Å². The van der Waals surface area contributed by atoms with Crippen molar-refractivity contribution in [1.82, 2.24) is 0 Å². The molecule has 2 heterocycles. The fourth-order valence-electron chi connectivity index (χ4n) is 5.44. The number of rotatable bonds is 9. The van der Waals surface area contributed by atoms with Gasteiger partial charge >= 0.3 is 0 Å². The summed E-state index contributed by atoms with van der Waals surface area (Å²) in [6, 6.07) is 12.3. The van der Waals surface area contributed by atoms with Gasteiger partial charge < -0.3 is 25.4 Å². The lowest BCUT2D eigenvalue weighted by Gasteiger charge is -2.38. The molecule has 2 aliphatic heterocycles. The van der Waals surface area contributed by atoms with Crippen LogP contribution in [0.1, 0.15) is 56.8 Å². The van der Waals surface area contributed by atoms with Gasteiger partial charge in [-0.1, -0.05) is 13.0 Å². The fraction of sp³-hybridized carbons (Fsp3) is 0.552. The highest BCUT2D eigenvalue weighted by Crippen LogP contribution is 2.54. The molecule has 0 aromatic heterocycles. The van der Waals surface area contributed by atoms with E-state index in [-0.39, 0.29) is 28.6 Å². The van der Waals surface area contributed by atoms with E-state index >= 15 is 0 Å². The Labute approximate surface area is 225 Å². The zero-order chi connectivity index (χ0) is 27.2. The smallest absolute Gasteiger partial charge is 0.257 e. The van der Waals surface area contributed by atoms with Crippen molar-refractivity contribution in [3.05, 3.63) is 48.0 Å². The van der Waals surface area contributed by atoms with E-state index in [9.17, 15) is 18.3 Å². The lowest BCUT2D eigenvalue weighted by molar-refractivity contribution is -0.0870. The molecule has 5 rings (SSSR count). The van der Waals surface area contributed by atoms with E-state index < -0.39 is 15.4 Å². The van der Waals surface area contributed by atoms with E-state index in [4.69, 9.17) is 4.74 Å². The predicted molar refractivity (Wildman–Crippen MR) is 150 cm³/mol. The summed E-state index contributed by atoms with van der Waals surface area (Å²) in [5.74, 6) is -0.258. The number of aliphatic hydroxyl groups is 1. The number of benzene rings is 2. The van der Waals surface area contributed by atoms with E-state index in [0.29, 0.717) is 35.6 Å². The summed E-state index contributed by atoms with van der Waals surface area (Å²) in [6.45, 7) is 8.18. The molecule has 2 aromatic rings. The average Bonchev–Trinajstić information content (AvgIpc) is 3.61. The highest BCUT2D eigenvalue weighted by Gasteiger charge is 2.45. The van der Waals surface area contributed by atoms with Gasteiger partial charge in [-0.15, -0.1) is 0 Å². The maximum Gasteiger partial charge on any atom is 0.257 e. The van der Waals surface area contributed by atoms with Crippen LogP contribution >= 0.6 is 0 Å². The fourth-order valence-corrected chi connectivity index (χ4v) is 7.25. The highest BCUT2D eigenvalue weighted by molar-refractivity contribution is 7.91. The normalized spacial score (nSPS) is 20.1. The van der Waals surface area contributed by atoms with Crippen molar-refractivity contribution in [2.45, 2.75) is 56.9 Å². The first-order chi connectivity index (χ1) is 17.9. The lowest BCUT2D eigenvalue weighted by atomic mass is 9.92. The molecule has 1 saturated carbocycles. The van der Waals surface area contributed by atoms with Gasteiger partial charge in [0.1, 0.15) is 0 Å². The van der Waals surface area contributed by atoms with Crippen LogP contribution in [0.2, 0.25) is 0 Å². The number of nitrogens with zero attached hydrogens (tertiary/aromatic N) is 1. The monoisotopic (exact) mass is 541 g/mol. The predicted octanol–water partition coefficient (Wildman–Crippen LogP) is 4.31. The third-order valence-corrected chi connectivity index (χ3v) is 10.2. The van der Waals surface area contributed by atoms with Crippen molar-refractivity contribution in [1.29, 1.82) is 0 Å². The van der Waals surface area contributed by atoms with Gasteiger partial charge in [0.2, 0.25) is 0 Å². The average molecular weight is 542 g/mol. The van der Waals surface area contributed by atoms with Crippen molar-refractivity contribution < 1.29 is 23.1 Å². The Hall–Kier alpha value is -2.62. The number of hydrogen-bond acceptors (Lipinski definition) is 7. The molecule has 3 N–H and O–H groups in total. The molecule has 38 heavy (non-hydrogen) atoms. The summed E-state index contributed by atoms with van der Waals surface area (Å²) < 4.78 is 31.9. The third-order valence-electron chi connectivity index (χ3n) is 8.13. The first-order valence-corrected chi connectivity index (χ1v) is 15.1. The number of hydrogen-bond donors (Lipinski definition) is 3. The van der Waals surface area contributed by atoms with E-state index in [1.807, 2.05) is 45.0 Å². The minimum Gasteiger partial charge on any atom is -0.394 e. The zero-order valence-electron chi connectivity index (χ0n) is 22.5. The summed E-state index contributed by atoms with van der Waals surface area (Å²) in [6.07, 6.45) is 4.66. The number of anilines is 3. The molecule has 1 aliphatic carbocycles. The highest BCUT2D eigenvalue weighted by atomic mass is 32.2. The quantitative estimate of drug-likeness (QED) is 0.434. The molecule has 0 bridgehead atoms. The summed E-state index contributed by atoms with van der Waals surface area (Å²) in [7, 11) is -3.54. The van der Waals surface area contributed by atoms with Crippen LogP contribution < -0.4 is 15.5 Å². The lowest BCUT2D eigenvalue weighted by Crippen LogP contribution is -2.45. The van der Waals surface area contributed by atoms with Crippen LogP contribution in [0.25, 0.3) is 0 Å². The molecule has 1 amide bonds. The summed E-state index contributed by atoms with van der Waals surface area (Å²) >= 11 is 0. The van der Waals surface area contributed by atoms with Gasteiger partial charge in [-0.25, -0.2) is 8.42 Å². The number of carbonyl (C=O) groups is 1. The topological polar surface area (TPSA) is 108 Å². The zero-order valence-corrected chi connectivity index (χ0v) is 23.4. The maximum absolute atomic E-state index is 13.6. The molecule has 8 nitrogen and oxygen atoms in total. The number of nitrogens with one attached hydrogen (secondary N) is 2. The second-order valence-electron chi connectivity index (χ2n) is 12.4. The van der Waals surface area contributed by atoms with Gasteiger partial charge in [0.05, 0.1) is 47.3 Å². The van der Waals surface area contributed by atoms with Gasteiger partial charge in [-0.05, 0) is 81.3 Å². The molecule has 2 saturated heterocycles. The Kier molecular flexibility index (Phi) is 6.99. The molecule has 0 unspecified atom stereocenters. The van der Waals surface area contributed by atoms with Gasteiger partial charge in [-0.2, -0.15) is 0 Å². The molecule has 3 fully saturated rings. The van der Waals surface area contributed by atoms with Gasteiger partial charge in [0.25, 0.3) is 5.91 Å². The SMILES string of the molecule is CC1(CS(=O)(=O)c2ccc(C(=O)Nc3cccc(NC(C)(C)CO)c3)c(N3CCC4(CC3)CC4)c2)COC1. The van der Waals surface area contributed by atoms with Crippen LogP contribution in [0.15, 0.2) is 47.4 Å². The molecule has 3 aliphatic rings. The third kappa shape index (κ3) is 5.84. The standard InChI is InChI=1S/C29H39N3O5S/c1-27(2,17-33)31-22-6-4-5-21(15-22)30-26(34)24-8-7-23(38(35,36)20-28(3)18-37-19-28)16-25(24)32-13-11-29(9-10-29)12-14-32/h4-8,15-16,31,33H,9-14,17-20H2,1-3H3,(H,30,34). The Bertz CT molecular complexity index is 1310. The molecule has 0 atom stereocenters. The molecule has 0 radical (unpaired) electrons. The molecule has 2 aromatic carbocycles. The van der Waals surface area contributed by atoms with Crippen molar-refractivity contribution in [3.8, 4) is 0 Å². The van der Waals surface area contributed by atoms with Crippen molar-refractivity contribution in [3.63, 3.8) is 0 Å². The molecule has 1 spiro atoms. The van der Waals surface area contributed by atoms with E-state index in [0.717, 1.165) is 31.6 Å². The Morgan fingerprint density at radius 1 is 1.05 bits per heavy atom. The number of amides is 1. The first kappa shape index (κ1) is 27.0. The van der Waals surface area contributed by atoms with Crippen molar-refractivity contribution in [2.75, 3.05) is 54.2 Å². The largest absolute Gasteiger partial charge is 0.394 e. The van der Waals surface area contributed by atoms with Crippen LogP contribution in [0, 0.1) is 10.8 Å². The molecular weight excluding hydrogens is 502 g/mol. The molecule has 206 valence electrons.